The van der Waals surface area contributed by atoms with Gasteiger partial charge in [0.05, 0.1) is 6.61 Å². The van der Waals surface area contributed by atoms with Crippen molar-refractivity contribution in [3.8, 4) is 0 Å². The van der Waals surface area contributed by atoms with Crippen LogP contribution in [-0.4, -0.2) is 23.7 Å². The van der Waals surface area contributed by atoms with E-state index in [0.717, 1.165) is 16.0 Å². The Hall–Kier alpha value is -0.710. The van der Waals surface area contributed by atoms with Crippen LogP contribution in [0.5, 0.6) is 0 Å². The van der Waals surface area contributed by atoms with Crippen LogP contribution in [-0.2, 0) is 11.2 Å². The predicted molar refractivity (Wildman–Crippen MR) is 62.7 cm³/mol. The number of ether oxygens (including phenoxy) is 1. The maximum atomic E-state index is 6.07. The van der Waals surface area contributed by atoms with Gasteiger partial charge in [-0.2, -0.15) is 0 Å². The van der Waals surface area contributed by atoms with Crippen molar-refractivity contribution in [2.45, 2.75) is 13.3 Å². The Labute approximate surface area is 97.1 Å². The molecule has 2 rings (SSSR count). The average Bonchev–Trinajstić information content (AvgIpc) is 2.56. The zero-order valence-electron chi connectivity index (χ0n) is 8.58. The summed E-state index contributed by atoms with van der Waals surface area (Å²) in [5, 5.41) is 1.48. The Kier molecular flexibility index (Phi) is 3.19. The molecule has 15 heavy (non-hydrogen) atoms. The molecular weight excluding hydrogens is 232 g/mol. The molecule has 0 aliphatic heterocycles. The van der Waals surface area contributed by atoms with Gasteiger partial charge < -0.3 is 4.74 Å². The molecule has 2 heterocycles. The van der Waals surface area contributed by atoms with Gasteiger partial charge in [0.2, 0.25) is 0 Å². The number of nitrogens with zero attached hydrogens (tertiary/aromatic N) is 2. The zero-order chi connectivity index (χ0) is 10.8. The summed E-state index contributed by atoms with van der Waals surface area (Å²) < 4.78 is 4.98. The van der Waals surface area contributed by atoms with Crippen LogP contribution in [0.3, 0.4) is 0 Å². The van der Waals surface area contributed by atoms with Gasteiger partial charge in [-0.05, 0) is 13.0 Å². The molecule has 0 saturated heterocycles. The third-order valence-electron chi connectivity index (χ3n) is 2.05. The molecule has 0 bridgehead atoms. The molecule has 0 spiro atoms. The summed E-state index contributed by atoms with van der Waals surface area (Å²) in [6.45, 7) is 2.66. The summed E-state index contributed by atoms with van der Waals surface area (Å²) >= 11 is 7.71. The normalized spacial score (nSPS) is 11.1. The number of aryl methyl sites for hydroxylation is 1. The third kappa shape index (κ3) is 2.27. The lowest BCUT2D eigenvalue weighted by Gasteiger charge is -2.00. The minimum atomic E-state index is 0.537. The zero-order valence-corrected chi connectivity index (χ0v) is 10.2. The van der Waals surface area contributed by atoms with E-state index in [1.54, 1.807) is 18.4 Å². The second-order valence-corrected chi connectivity index (χ2v) is 4.84. The lowest BCUT2D eigenvalue weighted by Crippen LogP contribution is -2.00. The third-order valence-corrected chi connectivity index (χ3v) is 3.28. The van der Waals surface area contributed by atoms with E-state index >= 15 is 0 Å². The van der Waals surface area contributed by atoms with Crippen LogP contribution < -0.4 is 0 Å². The molecule has 0 atom stereocenters. The van der Waals surface area contributed by atoms with Crippen molar-refractivity contribution in [1.82, 2.24) is 9.97 Å². The average molecular weight is 243 g/mol. The second-order valence-electron chi connectivity index (χ2n) is 3.25. The molecule has 0 aliphatic rings. The van der Waals surface area contributed by atoms with Crippen LogP contribution >= 0.6 is 22.9 Å². The predicted octanol–water partition coefficient (Wildman–Crippen LogP) is 2.84. The van der Waals surface area contributed by atoms with Crippen molar-refractivity contribution in [2.24, 2.45) is 0 Å². The highest BCUT2D eigenvalue weighted by molar-refractivity contribution is 7.18. The smallest absolute Gasteiger partial charge is 0.141 e. The fourth-order valence-electron chi connectivity index (χ4n) is 1.35. The topological polar surface area (TPSA) is 35.0 Å². The van der Waals surface area contributed by atoms with E-state index in [2.05, 4.69) is 9.97 Å². The molecule has 0 aromatic carbocycles. The molecule has 0 N–H and O–H groups in total. The second kappa shape index (κ2) is 4.43. The lowest BCUT2D eigenvalue weighted by molar-refractivity contribution is 0.200. The van der Waals surface area contributed by atoms with Gasteiger partial charge in [0, 0.05) is 23.8 Å². The van der Waals surface area contributed by atoms with Gasteiger partial charge in [0.15, 0.2) is 0 Å². The van der Waals surface area contributed by atoms with Crippen LogP contribution in [0.15, 0.2) is 6.07 Å². The molecule has 2 aromatic heterocycles. The van der Waals surface area contributed by atoms with Crippen LogP contribution in [0.25, 0.3) is 10.2 Å². The van der Waals surface area contributed by atoms with Crippen molar-refractivity contribution in [1.29, 1.82) is 0 Å². The molecule has 2 aromatic rings. The number of rotatable bonds is 3. The van der Waals surface area contributed by atoms with Gasteiger partial charge in [-0.15, -0.1) is 11.3 Å². The van der Waals surface area contributed by atoms with Crippen molar-refractivity contribution in [3.63, 3.8) is 0 Å². The number of hydrogen-bond donors (Lipinski definition) is 0. The van der Waals surface area contributed by atoms with Gasteiger partial charge in [0.25, 0.3) is 0 Å². The summed E-state index contributed by atoms with van der Waals surface area (Å²) in [5.74, 6) is 0.746. The van der Waals surface area contributed by atoms with Gasteiger partial charge in [-0.25, -0.2) is 9.97 Å². The van der Waals surface area contributed by atoms with Crippen molar-refractivity contribution in [3.05, 3.63) is 21.9 Å². The highest BCUT2D eigenvalue weighted by Gasteiger charge is 2.08. The largest absolute Gasteiger partial charge is 0.384 e. The van der Waals surface area contributed by atoms with E-state index in [1.165, 1.54) is 4.88 Å². The number of fused-ring (bicyclic) bond motifs is 1. The molecule has 0 radical (unpaired) electrons. The van der Waals surface area contributed by atoms with Crippen LogP contribution in [0, 0.1) is 6.92 Å². The molecule has 0 aliphatic carbocycles. The molecule has 0 saturated carbocycles. The first-order valence-corrected chi connectivity index (χ1v) is 5.81. The van der Waals surface area contributed by atoms with Gasteiger partial charge >= 0.3 is 0 Å². The summed E-state index contributed by atoms with van der Waals surface area (Å²) in [6.07, 6.45) is 0.698. The van der Waals surface area contributed by atoms with E-state index < -0.39 is 0 Å². The van der Waals surface area contributed by atoms with Gasteiger partial charge in [-0.3, -0.25) is 0 Å². The first kappa shape index (κ1) is 10.8. The summed E-state index contributed by atoms with van der Waals surface area (Å²) in [7, 11) is 1.66. The number of aromatic nitrogens is 2. The Balaban J connectivity index is 2.42. The Morgan fingerprint density at radius 3 is 3.00 bits per heavy atom. The van der Waals surface area contributed by atoms with Crippen LogP contribution in [0.4, 0.5) is 0 Å². The minimum absolute atomic E-state index is 0.537. The van der Waals surface area contributed by atoms with Crippen LogP contribution in [0.1, 0.15) is 10.7 Å². The molecule has 0 amide bonds. The number of hydrogen-bond acceptors (Lipinski definition) is 4. The first-order valence-electron chi connectivity index (χ1n) is 4.62. The molecular formula is C10H11ClN2OS. The highest BCUT2D eigenvalue weighted by atomic mass is 35.5. The van der Waals surface area contributed by atoms with Gasteiger partial charge in [-0.1, -0.05) is 11.6 Å². The fraction of sp³-hybridized carbons (Fsp3) is 0.400. The van der Waals surface area contributed by atoms with Gasteiger partial charge in [0.1, 0.15) is 15.8 Å². The SMILES string of the molecule is COCCc1nc(Cl)c2cc(C)sc2n1. The summed E-state index contributed by atoms with van der Waals surface area (Å²) in [5.41, 5.74) is 0. The summed E-state index contributed by atoms with van der Waals surface area (Å²) in [4.78, 5) is 10.8. The molecule has 3 nitrogen and oxygen atoms in total. The first-order chi connectivity index (χ1) is 7.20. The van der Waals surface area contributed by atoms with Crippen LogP contribution in [0.2, 0.25) is 5.15 Å². The maximum Gasteiger partial charge on any atom is 0.141 e. The highest BCUT2D eigenvalue weighted by Crippen LogP contribution is 2.28. The quantitative estimate of drug-likeness (QED) is 0.777. The van der Waals surface area contributed by atoms with E-state index in [9.17, 15) is 0 Å². The fourth-order valence-corrected chi connectivity index (χ4v) is 2.55. The molecule has 5 heteroatoms. The van der Waals surface area contributed by atoms with E-state index in [1.807, 2.05) is 13.0 Å². The van der Waals surface area contributed by atoms with Crippen molar-refractivity contribution < 1.29 is 4.74 Å². The number of methoxy groups -OCH3 is 1. The minimum Gasteiger partial charge on any atom is -0.384 e. The monoisotopic (exact) mass is 242 g/mol. The number of halogens is 1. The van der Waals surface area contributed by atoms with E-state index in [-0.39, 0.29) is 0 Å². The standard InChI is InChI=1S/C10H11ClN2OS/c1-6-5-7-9(11)12-8(3-4-14-2)13-10(7)15-6/h5H,3-4H2,1-2H3. The Bertz CT molecular complexity index is 483. The molecule has 0 unspecified atom stereocenters. The van der Waals surface area contributed by atoms with Crippen molar-refractivity contribution in [2.75, 3.05) is 13.7 Å². The maximum absolute atomic E-state index is 6.07. The Morgan fingerprint density at radius 2 is 2.27 bits per heavy atom. The number of thiophene rings is 1. The lowest BCUT2D eigenvalue weighted by atomic mass is 10.3. The molecule has 0 fully saturated rings. The summed E-state index contributed by atoms with van der Waals surface area (Å²) in [6, 6.07) is 2.02. The van der Waals surface area contributed by atoms with E-state index in [0.29, 0.717) is 18.2 Å². The Morgan fingerprint density at radius 1 is 1.47 bits per heavy atom. The molecule has 80 valence electrons. The van der Waals surface area contributed by atoms with E-state index in [4.69, 9.17) is 16.3 Å². The van der Waals surface area contributed by atoms with Crippen molar-refractivity contribution >= 4 is 33.2 Å².